The smallest absolute Gasteiger partial charge is 0.251 e. The van der Waals surface area contributed by atoms with Crippen LogP contribution in [0.4, 0.5) is 5.69 Å². The topological polar surface area (TPSA) is 69.7 Å². The van der Waals surface area contributed by atoms with Gasteiger partial charge in [0.1, 0.15) is 0 Å². The first-order valence-corrected chi connectivity index (χ1v) is 12.4. The van der Waals surface area contributed by atoms with E-state index in [-0.39, 0.29) is 12.5 Å². The van der Waals surface area contributed by atoms with Crippen molar-refractivity contribution in [2.24, 2.45) is 0 Å². The van der Waals surface area contributed by atoms with E-state index in [1.165, 1.54) is 17.1 Å². The number of halogens is 2. The van der Waals surface area contributed by atoms with Crippen LogP contribution in [0.1, 0.15) is 28.8 Å². The molecule has 1 aliphatic heterocycles. The molecule has 0 atom stereocenters. The summed E-state index contributed by atoms with van der Waals surface area (Å²) in [5.41, 5.74) is 1.52. The summed E-state index contributed by atoms with van der Waals surface area (Å²) in [6.45, 7) is 3.64. The van der Waals surface area contributed by atoms with Crippen LogP contribution >= 0.6 is 23.2 Å². The van der Waals surface area contributed by atoms with Crippen molar-refractivity contribution in [3.05, 3.63) is 63.6 Å². The zero-order chi connectivity index (χ0) is 21.7. The first-order chi connectivity index (χ1) is 14.3. The Bertz CT molecular complexity index is 991. The highest BCUT2D eigenvalue weighted by atomic mass is 35.5. The van der Waals surface area contributed by atoms with Crippen LogP contribution in [0.2, 0.25) is 10.0 Å². The third-order valence-corrected chi connectivity index (χ3v) is 7.07. The summed E-state index contributed by atoms with van der Waals surface area (Å²) in [4.78, 5) is 14.7. The number of likely N-dealkylation sites (tertiary alicyclic amines) is 1. The van der Waals surface area contributed by atoms with Gasteiger partial charge in [-0.1, -0.05) is 35.3 Å². The summed E-state index contributed by atoms with van der Waals surface area (Å²) in [6, 6.07) is 11.6. The van der Waals surface area contributed by atoms with Gasteiger partial charge in [0, 0.05) is 18.7 Å². The molecule has 1 N–H and O–H groups in total. The highest BCUT2D eigenvalue weighted by Crippen LogP contribution is 2.29. The van der Waals surface area contributed by atoms with E-state index in [1.54, 1.807) is 42.5 Å². The molecule has 30 heavy (non-hydrogen) atoms. The zero-order valence-corrected chi connectivity index (χ0v) is 19.1. The third-order valence-electron chi connectivity index (χ3n) is 5.08. The highest BCUT2D eigenvalue weighted by Gasteiger charge is 2.20. The fraction of sp³-hybridized carbons (Fsp3) is 0.381. The second-order valence-corrected chi connectivity index (χ2v) is 10.0. The lowest BCUT2D eigenvalue weighted by molar-refractivity contribution is 0.0950. The quantitative estimate of drug-likeness (QED) is 0.638. The normalized spacial score (nSPS) is 14.6. The lowest BCUT2D eigenvalue weighted by Gasteiger charge is -2.23. The van der Waals surface area contributed by atoms with Gasteiger partial charge in [0.15, 0.2) is 0 Å². The van der Waals surface area contributed by atoms with E-state index >= 15 is 0 Å². The molecule has 1 saturated heterocycles. The van der Waals surface area contributed by atoms with Gasteiger partial charge in [-0.3, -0.25) is 9.10 Å². The molecule has 0 saturated carbocycles. The number of benzene rings is 2. The number of carbonyl (C=O) groups is 1. The minimum Gasteiger partial charge on any atom is -0.351 e. The van der Waals surface area contributed by atoms with Crippen LogP contribution in [0.25, 0.3) is 0 Å². The van der Waals surface area contributed by atoms with Gasteiger partial charge in [0.2, 0.25) is 10.0 Å². The summed E-state index contributed by atoms with van der Waals surface area (Å²) in [6.07, 6.45) is 3.56. The number of nitrogens with one attached hydrogen (secondary N) is 1. The van der Waals surface area contributed by atoms with Crippen molar-refractivity contribution < 1.29 is 13.2 Å². The number of rotatable bonds is 8. The molecule has 0 aromatic heterocycles. The molecule has 1 aliphatic rings. The van der Waals surface area contributed by atoms with Crippen molar-refractivity contribution in [3.8, 4) is 0 Å². The molecular formula is C21H25Cl2N3O3S. The third kappa shape index (κ3) is 5.88. The fourth-order valence-corrected chi connectivity index (χ4v) is 4.70. The number of sulfonamides is 1. The number of anilines is 1. The molecule has 1 fully saturated rings. The Morgan fingerprint density at radius 1 is 1.10 bits per heavy atom. The average Bonchev–Trinajstić information content (AvgIpc) is 3.22. The lowest BCUT2D eigenvalue weighted by Crippen LogP contribution is -2.33. The molecule has 2 aromatic rings. The van der Waals surface area contributed by atoms with E-state index < -0.39 is 10.0 Å². The summed E-state index contributed by atoms with van der Waals surface area (Å²) in [5, 5.41) is 3.60. The van der Waals surface area contributed by atoms with Crippen molar-refractivity contribution in [2.75, 3.05) is 36.7 Å². The Morgan fingerprint density at radius 2 is 1.77 bits per heavy atom. The van der Waals surface area contributed by atoms with Crippen molar-refractivity contribution in [1.82, 2.24) is 10.2 Å². The monoisotopic (exact) mass is 469 g/mol. The minimum atomic E-state index is -3.58. The molecule has 0 aliphatic carbocycles. The Morgan fingerprint density at radius 3 is 2.40 bits per heavy atom. The number of carbonyl (C=O) groups excluding carboxylic acids is 1. The fourth-order valence-electron chi connectivity index (χ4n) is 3.44. The van der Waals surface area contributed by atoms with Crippen LogP contribution in [0.3, 0.4) is 0 Å². The predicted molar refractivity (Wildman–Crippen MR) is 122 cm³/mol. The SMILES string of the molecule is CS(=O)(=O)N(Cc1cccc(Cl)c1Cl)c1ccc(C(=O)NCCN2CCCC2)cc1. The van der Waals surface area contributed by atoms with E-state index in [4.69, 9.17) is 23.2 Å². The number of hydrogen-bond donors (Lipinski definition) is 1. The largest absolute Gasteiger partial charge is 0.351 e. The van der Waals surface area contributed by atoms with Gasteiger partial charge in [0.25, 0.3) is 5.91 Å². The van der Waals surface area contributed by atoms with Crippen LogP contribution < -0.4 is 9.62 Å². The Kier molecular flexibility index (Phi) is 7.63. The van der Waals surface area contributed by atoms with Crippen LogP contribution in [-0.4, -0.2) is 51.7 Å². The molecule has 9 heteroatoms. The second-order valence-electron chi connectivity index (χ2n) is 7.33. The number of hydrogen-bond acceptors (Lipinski definition) is 4. The lowest BCUT2D eigenvalue weighted by atomic mass is 10.1. The van der Waals surface area contributed by atoms with Crippen LogP contribution in [0.5, 0.6) is 0 Å². The van der Waals surface area contributed by atoms with E-state index in [9.17, 15) is 13.2 Å². The van der Waals surface area contributed by atoms with Gasteiger partial charge in [-0.15, -0.1) is 0 Å². The molecule has 0 bridgehead atoms. The van der Waals surface area contributed by atoms with E-state index in [1.807, 2.05) is 0 Å². The number of amides is 1. The van der Waals surface area contributed by atoms with Crippen molar-refractivity contribution in [1.29, 1.82) is 0 Å². The Balaban J connectivity index is 1.69. The molecule has 1 amide bonds. The summed E-state index contributed by atoms with van der Waals surface area (Å²) < 4.78 is 26.0. The minimum absolute atomic E-state index is 0.0413. The van der Waals surface area contributed by atoms with Crippen LogP contribution in [0.15, 0.2) is 42.5 Å². The van der Waals surface area contributed by atoms with E-state index in [0.29, 0.717) is 33.4 Å². The maximum absolute atomic E-state index is 12.4. The molecular weight excluding hydrogens is 445 g/mol. The molecule has 162 valence electrons. The number of nitrogens with zero attached hydrogens (tertiary/aromatic N) is 2. The first-order valence-electron chi connectivity index (χ1n) is 9.77. The zero-order valence-electron chi connectivity index (χ0n) is 16.8. The molecule has 0 unspecified atom stereocenters. The molecule has 6 nitrogen and oxygen atoms in total. The average molecular weight is 470 g/mol. The highest BCUT2D eigenvalue weighted by molar-refractivity contribution is 7.92. The van der Waals surface area contributed by atoms with Crippen molar-refractivity contribution in [3.63, 3.8) is 0 Å². The molecule has 3 rings (SSSR count). The predicted octanol–water partition coefficient (Wildman–Crippen LogP) is 3.79. The molecule has 2 aromatic carbocycles. The molecule has 1 heterocycles. The summed E-state index contributed by atoms with van der Waals surface area (Å²) in [7, 11) is -3.58. The first kappa shape index (κ1) is 22.9. The van der Waals surface area contributed by atoms with Gasteiger partial charge >= 0.3 is 0 Å². The summed E-state index contributed by atoms with van der Waals surface area (Å²) >= 11 is 12.3. The van der Waals surface area contributed by atoms with Crippen LogP contribution in [-0.2, 0) is 16.6 Å². The van der Waals surface area contributed by atoms with Gasteiger partial charge in [-0.25, -0.2) is 8.42 Å². The van der Waals surface area contributed by atoms with E-state index in [2.05, 4.69) is 10.2 Å². The van der Waals surface area contributed by atoms with Gasteiger partial charge < -0.3 is 10.2 Å². The van der Waals surface area contributed by atoms with Gasteiger partial charge in [-0.2, -0.15) is 0 Å². The van der Waals surface area contributed by atoms with Gasteiger partial charge in [-0.05, 0) is 61.8 Å². The Labute approximate surface area is 187 Å². The van der Waals surface area contributed by atoms with Gasteiger partial charge in [0.05, 0.1) is 28.5 Å². The molecule has 0 spiro atoms. The maximum atomic E-state index is 12.4. The summed E-state index contributed by atoms with van der Waals surface area (Å²) in [5.74, 6) is -0.176. The standard InChI is InChI=1S/C21H25Cl2N3O3S/c1-30(28,29)26(15-17-5-4-6-19(22)20(17)23)18-9-7-16(8-10-18)21(27)24-11-14-25-12-2-3-13-25/h4-10H,2-3,11-15H2,1H3,(H,24,27). The second kappa shape index (κ2) is 10.0. The van der Waals surface area contributed by atoms with E-state index in [0.717, 1.165) is 25.9 Å². The molecule has 0 radical (unpaired) electrons. The Hall–Kier alpha value is -1.80. The van der Waals surface area contributed by atoms with Crippen LogP contribution in [0, 0.1) is 0 Å². The van der Waals surface area contributed by atoms with Crippen molar-refractivity contribution in [2.45, 2.75) is 19.4 Å². The van der Waals surface area contributed by atoms with Crippen molar-refractivity contribution >= 4 is 44.8 Å². The maximum Gasteiger partial charge on any atom is 0.251 e.